The second kappa shape index (κ2) is 6.92. The molecule has 0 saturated heterocycles. The molecule has 0 spiro atoms. The maximum absolute atomic E-state index is 10.8. The molecule has 2 aromatic rings. The summed E-state index contributed by atoms with van der Waals surface area (Å²) in [7, 11) is 0. The van der Waals surface area contributed by atoms with Crippen molar-refractivity contribution in [2.24, 2.45) is 5.73 Å². The van der Waals surface area contributed by atoms with E-state index in [4.69, 9.17) is 10.5 Å². The number of rotatable bonds is 5. The molecule has 116 valence electrons. The summed E-state index contributed by atoms with van der Waals surface area (Å²) < 4.78 is 6.05. The number of halogens is 1. The number of nitrogens with zero attached hydrogens (tertiary/aromatic N) is 1. The Hall–Kier alpha value is -1.88. The van der Waals surface area contributed by atoms with Crippen molar-refractivity contribution >= 4 is 22.0 Å². The molecule has 0 fully saturated rings. The number of nitrogens with two attached hydrogens (primary N) is 1. The molecule has 0 aliphatic carbocycles. The summed E-state index contributed by atoms with van der Waals surface area (Å²) in [5.74, 6) is 0. The highest BCUT2D eigenvalue weighted by Crippen LogP contribution is 2.23. The van der Waals surface area contributed by atoms with E-state index in [1.54, 1.807) is 6.20 Å². The van der Waals surface area contributed by atoms with Crippen molar-refractivity contribution in [2.75, 3.05) is 0 Å². The zero-order chi connectivity index (χ0) is 16.2. The van der Waals surface area contributed by atoms with Crippen LogP contribution in [0.1, 0.15) is 25.8 Å². The molecule has 1 amide bonds. The molecule has 1 aromatic carbocycles. The molecule has 0 radical (unpaired) electrons. The van der Waals surface area contributed by atoms with Gasteiger partial charge in [-0.1, -0.05) is 24.3 Å². The van der Waals surface area contributed by atoms with Crippen LogP contribution in [-0.4, -0.2) is 16.7 Å². The fourth-order valence-electron chi connectivity index (χ4n) is 2.20. The molecule has 0 aliphatic heterocycles. The molecule has 2 N–H and O–H groups in total. The van der Waals surface area contributed by atoms with Crippen LogP contribution in [0.2, 0.25) is 0 Å². The zero-order valence-corrected chi connectivity index (χ0v) is 14.3. The van der Waals surface area contributed by atoms with Gasteiger partial charge in [0.1, 0.15) is 5.60 Å². The number of hydrogen-bond acceptors (Lipinski definition) is 3. The van der Waals surface area contributed by atoms with Gasteiger partial charge in [0.05, 0.1) is 0 Å². The van der Waals surface area contributed by atoms with Crippen LogP contribution in [0.5, 0.6) is 0 Å². The van der Waals surface area contributed by atoms with Crippen LogP contribution in [0.15, 0.2) is 47.2 Å². The molecule has 4 nitrogen and oxygen atoms in total. The van der Waals surface area contributed by atoms with E-state index >= 15 is 0 Å². The Labute approximate surface area is 138 Å². The summed E-state index contributed by atoms with van der Waals surface area (Å²) >= 11 is 3.43. The first kappa shape index (κ1) is 16.5. The average Bonchev–Trinajstić information content (AvgIpc) is 2.44. The molecule has 0 aliphatic rings. The van der Waals surface area contributed by atoms with Crippen LogP contribution < -0.4 is 5.73 Å². The van der Waals surface area contributed by atoms with E-state index in [0.29, 0.717) is 6.42 Å². The molecule has 2 rings (SSSR count). The summed E-state index contributed by atoms with van der Waals surface area (Å²) in [5.41, 5.74) is 7.89. The quantitative estimate of drug-likeness (QED) is 0.861. The maximum Gasteiger partial charge on any atom is 0.405 e. The lowest BCUT2D eigenvalue weighted by molar-refractivity contribution is 0.0394. The molecular weight excluding hydrogens is 344 g/mol. The standard InChI is InChI=1S/C17H19BrN2O2/c1-17(2,22-16(19)21)8-7-12-3-5-13(6-4-12)14-9-15(18)11-20-10-14/h3-6,9-11H,7-8H2,1-2H3,(H2,19,21). The van der Waals surface area contributed by atoms with E-state index in [1.165, 1.54) is 5.56 Å². The molecule has 1 heterocycles. The molecular formula is C17H19BrN2O2. The van der Waals surface area contributed by atoms with Gasteiger partial charge < -0.3 is 10.5 Å². The summed E-state index contributed by atoms with van der Waals surface area (Å²) in [5, 5.41) is 0. The maximum atomic E-state index is 10.8. The van der Waals surface area contributed by atoms with Crippen molar-refractivity contribution < 1.29 is 9.53 Å². The van der Waals surface area contributed by atoms with Crippen molar-refractivity contribution in [1.29, 1.82) is 0 Å². The third-order valence-electron chi connectivity index (χ3n) is 3.38. The van der Waals surface area contributed by atoms with Crippen molar-refractivity contribution in [2.45, 2.75) is 32.3 Å². The van der Waals surface area contributed by atoms with E-state index in [2.05, 4.69) is 45.2 Å². The lowest BCUT2D eigenvalue weighted by Crippen LogP contribution is -2.31. The highest BCUT2D eigenvalue weighted by atomic mass is 79.9. The third kappa shape index (κ3) is 4.84. The minimum absolute atomic E-state index is 0.557. The lowest BCUT2D eigenvalue weighted by atomic mass is 9.97. The van der Waals surface area contributed by atoms with Gasteiger partial charge in [-0.05, 0) is 59.8 Å². The van der Waals surface area contributed by atoms with Crippen LogP contribution in [0.4, 0.5) is 4.79 Å². The number of carbonyl (C=O) groups excluding carboxylic acids is 1. The lowest BCUT2D eigenvalue weighted by Gasteiger charge is -2.23. The van der Waals surface area contributed by atoms with E-state index < -0.39 is 11.7 Å². The van der Waals surface area contributed by atoms with Gasteiger partial charge >= 0.3 is 6.09 Å². The van der Waals surface area contributed by atoms with Gasteiger partial charge in [0.2, 0.25) is 0 Å². The van der Waals surface area contributed by atoms with Crippen molar-refractivity contribution in [3.05, 3.63) is 52.8 Å². The minimum atomic E-state index is -0.734. The molecule has 22 heavy (non-hydrogen) atoms. The number of benzene rings is 1. The molecule has 0 saturated carbocycles. The highest BCUT2D eigenvalue weighted by Gasteiger charge is 2.21. The van der Waals surface area contributed by atoms with Gasteiger partial charge in [-0.2, -0.15) is 0 Å². The van der Waals surface area contributed by atoms with E-state index in [0.717, 1.165) is 22.0 Å². The fraction of sp³-hybridized carbons (Fsp3) is 0.294. The minimum Gasteiger partial charge on any atom is -0.444 e. The Morgan fingerprint density at radius 3 is 2.50 bits per heavy atom. The number of ether oxygens (including phenoxy) is 1. The molecule has 1 aromatic heterocycles. The summed E-state index contributed by atoms with van der Waals surface area (Å²) in [6, 6.07) is 10.3. The smallest absolute Gasteiger partial charge is 0.405 e. The number of aryl methyl sites for hydroxylation is 1. The van der Waals surface area contributed by atoms with Gasteiger partial charge in [-0.15, -0.1) is 0 Å². The van der Waals surface area contributed by atoms with Crippen LogP contribution >= 0.6 is 15.9 Å². The number of aromatic nitrogens is 1. The fourth-order valence-corrected chi connectivity index (χ4v) is 2.57. The Balaban J connectivity index is 2.02. The van der Waals surface area contributed by atoms with Gasteiger partial charge in [-0.25, -0.2) is 4.79 Å². The molecule has 5 heteroatoms. The SMILES string of the molecule is CC(C)(CCc1ccc(-c2cncc(Br)c2)cc1)OC(N)=O. The van der Waals surface area contributed by atoms with Crippen molar-refractivity contribution in [1.82, 2.24) is 4.98 Å². The Kier molecular flexibility index (Phi) is 5.19. The second-order valence-corrected chi connectivity index (χ2v) is 6.69. The van der Waals surface area contributed by atoms with Crippen molar-refractivity contribution in [3.63, 3.8) is 0 Å². The normalized spacial score (nSPS) is 11.2. The topological polar surface area (TPSA) is 65.2 Å². The number of amides is 1. The number of primary amides is 1. The van der Waals surface area contributed by atoms with Gasteiger partial charge in [0, 0.05) is 22.4 Å². The first-order chi connectivity index (χ1) is 10.4. The largest absolute Gasteiger partial charge is 0.444 e. The van der Waals surface area contributed by atoms with E-state index in [1.807, 2.05) is 26.1 Å². The Morgan fingerprint density at radius 1 is 1.23 bits per heavy atom. The van der Waals surface area contributed by atoms with Crippen LogP contribution in [0.25, 0.3) is 11.1 Å². The first-order valence-corrected chi connectivity index (χ1v) is 7.83. The number of pyridine rings is 1. The predicted octanol–water partition coefficient (Wildman–Crippen LogP) is 4.32. The van der Waals surface area contributed by atoms with Gasteiger partial charge in [-0.3, -0.25) is 4.98 Å². The Bertz CT molecular complexity index is 654. The van der Waals surface area contributed by atoms with Gasteiger partial charge in [0.25, 0.3) is 0 Å². The summed E-state index contributed by atoms with van der Waals surface area (Å²) in [4.78, 5) is 15.0. The van der Waals surface area contributed by atoms with E-state index in [9.17, 15) is 4.79 Å². The predicted molar refractivity (Wildman–Crippen MR) is 90.4 cm³/mol. The van der Waals surface area contributed by atoms with Crippen LogP contribution in [-0.2, 0) is 11.2 Å². The first-order valence-electron chi connectivity index (χ1n) is 7.04. The number of carbonyl (C=O) groups is 1. The zero-order valence-electron chi connectivity index (χ0n) is 12.7. The average molecular weight is 363 g/mol. The monoisotopic (exact) mass is 362 g/mol. The van der Waals surface area contributed by atoms with E-state index in [-0.39, 0.29) is 0 Å². The number of hydrogen-bond donors (Lipinski definition) is 1. The summed E-state index contributed by atoms with van der Waals surface area (Å²) in [6.07, 6.45) is 4.40. The second-order valence-electron chi connectivity index (χ2n) is 5.77. The third-order valence-corrected chi connectivity index (χ3v) is 3.82. The van der Waals surface area contributed by atoms with Crippen molar-refractivity contribution in [3.8, 4) is 11.1 Å². The highest BCUT2D eigenvalue weighted by molar-refractivity contribution is 9.10. The molecule has 0 bridgehead atoms. The van der Waals surface area contributed by atoms with Gasteiger partial charge in [0.15, 0.2) is 0 Å². The Morgan fingerprint density at radius 2 is 1.91 bits per heavy atom. The van der Waals surface area contributed by atoms with Crippen LogP contribution in [0.3, 0.4) is 0 Å². The summed E-state index contributed by atoms with van der Waals surface area (Å²) in [6.45, 7) is 3.72. The van der Waals surface area contributed by atoms with Crippen LogP contribution in [0, 0.1) is 0 Å². The molecule has 0 atom stereocenters. The molecule has 0 unspecified atom stereocenters.